The second-order valence-corrected chi connectivity index (χ2v) is 6.96. The predicted molar refractivity (Wildman–Crippen MR) is 91.3 cm³/mol. The molecule has 0 aromatic heterocycles. The Morgan fingerprint density at radius 3 is 2.68 bits per heavy atom. The smallest absolute Gasteiger partial charge is 0.227 e. The van der Waals surface area contributed by atoms with Crippen molar-refractivity contribution in [3.63, 3.8) is 0 Å². The lowest BCUT2D eigenvalue weighted by molar-refractivity contribution is -0.131. The van der Waals surface area contributed by atoms with E-state index in [1.54, 1.807) is 4.90 Å². The number of piperidine rings is 1. The van der Waals surface area contributed by atoms with Crippen molar-refractivity contribution in [3.8, 4) is 0 Å². The Labute approximate surface area is 147 Å². The Bertz CT molecular complexity index is 591. The van der Waals surface area contributed by atoms with E-state index in [4.69, 9.17) is 4.74 Å². The summed E-state index contributed by atoms with van der Waals surface area (Å²) in [5, 5.41) is 0. The van der Waals surface area contributed by atoms with Crippen molar-refractivity contribution in [2.24, 2.45) is 0 Å². The lowest BCUT2D eigenvalue weighted by Crippen LogP contribution is -2.44. The number of benzene rings is 1. The van der Waals surface area contributed by atoms with E-state index in [9.17, 15) is 13.6 Å². The van der Waals surface area contributed by atoms with Crippen LogP contribution < -0.4 is 0 Å². The fraction of sp³-hybridized carbons (Fsp3) is 0.632. The molecule has 0 saturated carbocycles. The normalized spacial score (nSPS) is 22.6. The summed E-state index contributed by atoms with van der Waals surface area (Å²) in [6, 6.07) is 3.37. The van der Waals surface area contributed by atoms with Crippen LogP contribution in [0.1, 0.15) is 31.2 Å². The number of amides is 1. The lowest BCUT2D eigenvalue weighted by atomic mass is 10.1. The summed E-state index contributed by atoms with van der Waals surface area (Å²) in [5.74, 6) is -1.41. The SMILES string of the molecule is O=C(Cc1ccc(F)cc1F)N1CCCO[C@H](CN2CCCCC2)C1. The van der Waals surface area contributed by atoms with E-state index < -0.39 is 11.6 Å². The molecule has 138 valence electrons. The van der Waals surface area contributed by atoms with Gasteiger partial charge in [0.15, 0.2) is 0 Å². The molecule has 2 heterocycles. The lowest BCUT2D eigenvalue weighted by Gasteiger charge is -2.31. The van der Waals surface area contributed by atoms with E-state index in [1.165, 1.54) is 31.4 Å². The molecule has 25 heavy (non-hydrogen) atoms. The van der Waals surface area contributed by atoms with Crippen molar-refractivity contribution < 1.29 is 18.3 Å². The molecule has 0 aliphatic carbocycles. The van der Waals surface area contributed by atoms with Crippen LogP contribution in [0.4, 0.5) is 8.78 Å². The fourth-order valence-corrected chi connectivity index (χ4v) is 3.60. The highest BCUT2D eigenvalue weighted by Gasteiger charge is 2.25. The van der Waals surface area contributed by atoms with Gasteiger partial charge in [-0.05, 0) is 44.0 Å². The van der Waals surface area contributed by atoms with Crippen molar-refractivity contribution in [3.05, 3.63) is 35.4 Å². The van der Waals surface area contributed by atoms with E-state index in [-0.39, 0.29) is 24.0 Å². The third-order valence-electron chi connectivity index (χ3n) is 4.97. The Balaban J connectivity index is 1.58. The van der Waals surface area contributed by atoms with E-state index in [0.717, 1.165) is 32.1 Å². The van der Waals surface area contributed by atoms with Crippen molar-refractivity contribution in [2.75, 3.05) is 39.3 Å². The van der Waals surface area contributed by atoms with Crippen LogP contribution >= 0.6 is 0 Å². The number of carbonyl (C=O) groups excluding carboxylic acids is 1. The molecular weight excluding hydrogens is 326 g/mol. The minimum Gasteiger partial charge on any atom is -0.375 e. The summed E-state index contributed by atoms with van der Waals surface area (Å²) in [6.45, 7) is 4.83. The van der Waals surface area contributed by atoms with Gasteiger partial charge in [-0.25, -0.2) is 8.78 Å². The second kappa shape index (κ2) is 8.72. The third kappa shape index (κ3) is 5.22. The van der Waals surface area contributed by atoms with Gasteiger partial charge in [0.25, 0.3) is 0 Å². The highest BCUT2D eigenvalue weighted by atomic mass is 19.1. The Hall–Kier alpha value is -1.53. The average Bonchev–Trinajstić information content (AvgIpc) is 2.84. The Kier molecular flexibility index (Phi) is 6.37. The molecule has 0 N–H and O–H groups in total. The van der Waals surface area contributed by atoms with Crippen LogP contribution in [0.25, 0.3) is 0 Å². The number of carbonyl (C=O) groups is 1. The van der Waals surface area contributed by atoms with Gasteiger partial charge in [0.1, 0.15) is 11.6 Å². The van der Waals surface area contributed by atoms with Crippen LogP contribution in [-0.4, -0.2) is 61.1 Å². The second-order valence-electron chi connectivity index (χ2n) is 6.96. The molecule has 0 unspecified atom stereocenters. The molecule has 1 aromatic rings. The Morgan fingerprint density at radius 2 is 1.92 bits per heavy atom. The maximum atomic E-state index is 13.8. The van der Waals surface area contributed by atoms with Gasteiger partial charge >= 0.3 is 0 Å². The van der Waals surface area contributed by atoms with Crippen LogP contribution in [0.15, 0.2) is 18.2 Å². The van der Waals surface area contributed by atoms with Gasteiger partial charge in [-0.2, -0.15) is 0 Å². The molecule has 1 amide bonds. The molecule has 3 rings (SSSR count). The molecule has 1 atom stereocenters. The van der Waals surface area contributed by atoms with Crippen LogP contribution in [-0.2, 0) is 16.0 Å². The zero-order chi connectivity index (χ0) is 17.6. The molecule has 0 radical (unpaired) electrons. The predicted octanol–water partition coefficient (Wildman–Crippen LogP) is 2.61. The number of ether oxygens (including phenoxy) is 1. The topological polar surface area (TPSA) is 32.8 Å². The van der Waals surface area contributed by atoms with Crippen LogP contribution in [0, 0.1) is 11.6 Å². The minimum atomic E-state index is -0.663. The molecule has 2 aliphatic heterocycles. The molecule has 1 aromatic carbocycles. The summed E-state index contributed by atoms with van der Waals surface area (Å²) in [4.78, 5) is 16.8. The van der Waals surface area contributed by atoms with Gasteiger partial charge in [-0.15, -0.1) is 0 Å². The largest absolute Gasteiger partial charge is 0.375 e. The van der Waals surface area contributed by atoms with Crippen molar-refractivity contribution in [1.29, 1.82) is 0 Å². The first kappa shape index (κ1) is 18.3. The molecule has 6 heteroatoms. The minimum absolute atomic E-state index is 0.00242. The zero-order valence-electron chi connectivity index (χ0n) is 14.6. The van der Waals surface area contributed by atoms with Crippen LogP contribution in [0.3, 0.4) is 0 Å². The molecule has 2 saturated heterocycles. The quantitative estimate of drug-likeness (QED) is 0.835. The van der Waals surface area contributed by atoms with Crippen LogP contribution in [0.5, 0.6) is 0 Å². The first-order valence-corrected chi connectivity index (χ1v) is 9.17. The molecule has 4 nitrogen and oxygen atoms in total. The Morgan fingerprint density at radius 1 is 1.12 bits per heavy atom. The standard InChI is InChI=1S/C19H26F2N2O2/c20-16-6-5-15(18(21)12-16)11-19(24)23-9-4-10-25-17(14-23)13-22-7-2-1-3-8-22/h5-6,12,17H,1-4,7-11,13-14H2/t17-/m1/s1. The number of rotatable bonds is 4. The van der Waals surface area contributed by atoms with Crippen molar-refractivity contribution in [1.82, 2.24) is 9.80 Å². The maximum Gasteiger partial charge on any atom is 0.227 e. The van der Waals surface area contributed by atoms with E-state index in [1.807, 2.05) is 0 Å². The van der Waals surface area contributed by atoms with Gasteiger partial charge in [-0.3, -0.25) is 4.79 Å². The fourth-order valence-electron chi connectivity index (χ4n) is 3.60. The summed E-state index contributed by atoms with van der Waals surface area (Å²) in [7, 11) is 0. The third-order valence-corrected chi connectivity index (χ3v) is 4.97. The number of hydrogen-bond acceptors (Lipinski definition) is 3. The van der Waals surface area contributed by atoms with Gasteiger partial charge < -0.3 is 14.5 Å². The molecule has 0 bridgehead atoms. The summed E-state index contributed by atoms with van der Waals surface area (Å²) in [5.41, 5.74) is 0.240. The van der Waals surface area contributed by atoms with Gasteiger partial charge in [0, 0.05) is 32.3 Å². The summed E-state index contributed by atoms with van der Waals surface area (Å²) < 4.78 is 32.7. The van der Waals surface area contributed by atoms with Crippen molar-refractivity contribution >= 4 is 5.91 Å². The highest BCUT2D eigenvalue weighted by Crippen LogP contribution is 2.15. The van der Waals surface area contributed by atoms with Gasteiger partial charge in [0.2, 0.25) is 5.91 Å². The van der Waals surface area contributed by atoms with Gasteiger partial charge in [0.05, 0.1) is 12.5 Å². The number of halogens is 2. The van der Waals surface area contributed by atoms with E-state index in [0.29, 0.717) is 19.7 Å². The highest BCUT2D eigenvalue weighted by molar-refractivity contribution is 5.78. The first-order valence-electron chi connectivity index (χ1n) is 9.17. The summed E-state index contributed by atoms with van der Waals surface area (Å²) >= 11 is 0. The van der Waals surface area contributed by atoms with Crippen LogP contribution in [0.2, 0.25) is 0 Å². The average molecular weight is 352 g/mol. The number of likely N-dealkylation sites (tertiary alicyclic amines) is 1. The summed E-state index contributed by atoms with van der Waals surface area (Å²) in [6.07, 6.45) is 4.48. The number of hydrogen-bond donors (Lipinski definition) is 0. The molecule has 2 aliphatic rings. The van der Waals surface area contributed by atoms with Crippen molar-refractivity contribution in [2.45, 2.75) is 38.2 Å². The number of nitrogens with zero attached hydrogens (tertiary/aromatic N) is 2. The molecule has 2 fully saturated rings. The molecule has 0 spiro atoms. The van der Waals surface area contributed by atoms with E-state index in [2.05, 4.69) is 4.90 Å². The zero-order valence-corrected chi connectivity index (χ0v) is 14.6. The molecular formula is C19H26F2N2O2. The maximum absolute atomic E-state index is 13.8. The monoisotopic (exact) mass is 352 g/mol. The first-order chi connectivity index (χ1) is 12.1. The van der Waals surface area contributed by atoms with Gasteiger partial charge in [-0.1, -0.05) is 12.5 Å². The van der Waals surface area contributed by atoms with E-state index >= 15 is 0 Å².